The quantitative estimate of drug-likeness (QED) is 0.0600. The molecule has 0 amide bonds. The fourth-order valence-electron chi connectivity index (χ4n) is 17.9. The summed E-state index contributed by atoms with van der Waals surface area (Å²) in [4.78, 5) is 118. The first kappa shape index (κ1) is 65.4. The van der Waals surface area contributed by atoms with Crippen LogP contribution in [0, 0.1) is 70.5 Å². The van der Waals surface area contributed by atoms with Crippen LogP contribution in [0.4, 0.5) is 0 Å². The standard InChI is InChI=1S/C64H95NO24/c1-35-11-13-44-38(4)52(78-55-62(44)41(35)22-26-59(8,81-55)84-87-62)75-49(69)18-15-46(66)72-32-29-65(30-33-73-47(67)16-19-50(70)76-53-39(5)45-14-12-36(2)42-23-27-60(9)82-56(79-53)63(42,45)88-85-60)31-34-74-48(68)17-20-51(71)77-54-40(6)58(7)25-21-37(3)43-24-28-61(10)83-57(80-54)64(43,58)89-86-61/h35-45,52-57H,11-34H2,1-10H3/t35-,36-,37-,38-,39-,40+,41+,42+,43+,44+,45+,52-,53-,54-,55-,56-,57-,58+,59-,60+,61+,62-,63-,64+/m1/s1. The van der Waals surface area contributed by atoms with Crippen LogP contribution in [-0.4, -0.2) is 152 Å². The van der Waals surface area contributed by atoms with Crippen molar-refractivity contribution in [2.24, 2.45) is 70.5 Å². The first-order chi connectivity index (χ1) is 42.3. The number of hydrogen-bond donors (Lipinski definition) is 0. The Morgan fingerprint density at radius 2 is 0.764 bits per heavy atom. The molecule has 25 heteroatoms. The SMILES string of the molecule is C[C@H]1[C@H](OC(=O)CCC(=O)OCCN(CCOC(=O)CCC(=O)O[C@@H]2O[C@@H]3O[C@]4(C)CC[C@H]5[C@H](C)CC[C@@H]([C@H]2C)[C@@]35OO4)CCOC(=O)CCC(=O)O[C@@H]2O[C@@H]3O[C@]4(C)CC[C@H]5[C@H](C)CC[C@@](C)([C@H]2C)[C@@]35OO4)O[C@@H]2O[C@@]3(C)CC[C@H]4[C@H](C)CC[C@@H]1[C@@]24OO3. The Balaban J connectivity index is 0.609. The third-order valence-electron chi connectivity index (χ3n) is 23.4. The molecule has 3 saturated carbocycles. The maximum atomic E-state index is 13.4. The molecule has 15 aliphatic rings. The Labute approximate surface area is 520 Å². The zero-order chi connectivity index (χ0) is 63.1. The van der Waals surface area contributed by atoms with Gasteiger partial charge in [-0.1, -0.05) is 48.5 Å². The molecule has 12 heterocycles. The lowest BCUT2D eigenvalue weighted by atomic mass is 9.50. The summed E-state index contributed by atoms with van der Waals surface area (Å²) in [6.07, 6.45) is 2.95. The summed E-state index contributed by atoms with van der Waals surface area (Å²) in [5.41, 5.74) is -3.05. The maximum absolute atomic E-state index is 13.4. The average molecular weight is 1260 g/mol. The first-order valence-electron chi connectivity index (χ1n) is 33.2. The molecule has 12 saturated heterocycles. The molecule has 0 unspecified atom stereocenters. The number of fused-ring (bicyclic) bond motifs is 6. The van der Waals surface area contributed by atoms with Gasteiger partial charge in [0, 0.05) is 73.9 Å². The number of rotatable bonds is 21. The maximum Gasteiger partial charge on any atom is 0.308 e. The van der Waals surface area contributed by atoms with Crippen molar-refractivity contribution in [3.05, 3.63) is 0 Å². The highest BCUT2D eigenvalue weighted by Crippen LogP contribution is 2.67. The van der Waals surface area contributed by atoms with Crippen LogP contribution in [0.25, 0.3) is 0 Å². The summed E-state index contributed by atoms with van der Waals surface area (Å²) >= 11 is 0. The molecular formula is C64H95NO24. The van der Waals surface area contributed by atoms with E-state index in [1.807, 2.05) is 41.5 Å². The molecule has 0 aromatic heterocycles. The number of ether oxygens (including phenoxy) is 12. The van der Waals surface area contributed by atoms with Gasteiger partial charge in [0.2, 0.25) is 36.2 Å². The summed E-state index contributed by atoms with van der Waals surface area (Å²) < 4.78 is 72.9. The Morgan fingerprint density at radius 3 is 1.21 bits per heavy atom. The molecule has 500 valence electrons. The third kappa shape index (κ3) is 12.0. The molecule has 15 fully saturated rings. The smallest absolute Gasteiger partial charge is 0.308 e. The molecule has 0 N–H and O–H groups in total. The highest BCUT2D eigenvalue weighted by Gasteiger charge is 2.76. The molecule has 15 rings (SSSR count). The van der Waals surface area contributed by atoms with E-state index >= 15 is 0 Å². The van der Waals surface area contributed by atoms with Crippen molar-refractivity contribution in [2.75, 3.05) is 39.5 Å². The van der Waals surface area contributed by atoms with Crippen LogP contribution in [0.1, 0.15) is 185 Å². The lowest BCUT2D eigenvalue weighted by molar-refractivity contribution is -0.586. The van der Waals surface area contributed by atoms with Crippen molar-refractivity contribution in [3.63, 3.8) is 0 Å². The molecule has 24 atom stereocenters. The summed E-state index contributed by atoms with van der Waals surface area (Å²) in [5, 5.41) is 0. The van der Waals surface area contributed by atoms with E-state index < -0.39 is 113 Å². The number of carbonyl (C=O) groups excluding carboxylic acids is 6. The Hall–Kier alpha value is -3.70. The van der Waals surface area contributed by atoms with Crippen LogP contribution >= 0.6 is 0 Å². The van der Waals surface area contributed by atoms with Gasteiger partial charge in [0.15, 0.2) is 35.7 Å². The third-order valence-corrected chi connectivity index (χ3v) is 23.4. The number of nitrogens with zero attached hydrogens (tertiary/aromatic N) is 1. The lowest BCUT2D eigenvalue weighted by Gasteiger charge is -2.65. The number of esters is 6. The van der Waals surface area contributed by atoms with Crippen molar-refractivity contribution in [3.8, 4) is 0 Å². The summed E-state index contributed by atoms with van der Waals surface area (Å²) in [5.74, 6) is -6.30. The van der Waals surface area contributed by atoms with Crippen molar-refractivity contribution in [1.82, 2.24) is 4.90 Å². The molecule has 0 aromatic rings. The van der Waals surface area contributed by atoms with Gasteiger partial charge in [0.05, 0.1) is 38.5 Å². The summed E-state index contributed by atoms with van der Waals surface area (Å²) in [7, 11) is 0. The van der Waals surface area contributed by atoms with Gasteiger partial charge in [-0.2, -0.15) is 0 Å². The van der Waals surface area contributed by atoms with Crippen molar-refractivity contribution in [2.45, 2.75) is 257 Å². The molecular weight excluding hydrogens is 1170 g/mol. The van der Waals surface area contributed by atoms with Gasteiger partial charge in [-0.25, -0.2) is 29.3 Å². The molecule has 0 radical (unpaired) electrons. The molecule has 0 aromatic carbocycles. The summed E-state index contributed by atoms with van der Waals surface area (Å²) in [6, 6.07) is 0. The largest absolute Gasteiger partial charge is 0.464 e. The fraction of sp³-hybridized carbons (Fsp3) is 0.906. The monoisotopic (exact) mass is 1260 g/mol. The predicted octanol–water partition coefficient (Wildman–Crippen LogP) is 7.90. The van der Waals surface area contributed by atoms with Crippen LogP contribution in [0.2, 0.25) is 0 Å². The van der Waals surface area contributed by atoms with E-state index in [-0.39, 0.29) is 125 Å². The molecule has 3 spiro atoms. The second-order valence-electron chi connectivity index (χ2n) is 28.9. The predicted molar refractivity (Wildman–Crippen MR) is 300 cm³/mol. The Morgan fingerprint density at radius 1 is 0.393 bits per heavy atom. The fourth-order valence-corrected chi connectivity index (χ4v) is 17.9. The van der Waals surface area contributed by atoms with Gasteiger partial charge < -0.3 is 56.8 Å². The van der Waals surface area contributed by atoms with E-state index in [0.29, 0.717) is 37.0 Å². The van der Waals surface area contributed by atoms with Gasteiger partial charge in [0.1, 0.15) is 19.8 Å². The van der Waals surface area contributed by atoms with Gasteiger partial charge in [0.25, 0.3) is 0 Å². The molecule has 25 nitrogen and oxygen atoms in total. The van der Waals surface area contributed by atoms with Crippen molar-refractivity contribution >= 4 is 35.8 Å². The first-order valence-corrected chi connectivity index (χ1v) is 33.2. The molecule has 3 aliphatic carbocycles. The number of hydrogen-bond acceptors (Lipinski definition) is 25. The van der Waals surface area contributed by atoms with Gasteiger partial charge >= 0.3 is 35.8 Å². The number of carbonyl (C=O) groups is 6. The van der Waals surface area contributed by atoms with Crippen molar-refractivity contribution < 1.29 is 115 Å². The average Bonchev–Trinajstić information content (AvgIpc) is 1.73. The van der Waals surface area contributed by atoms with Crippen LogP contribution in [0.3, 0.4) is 0 Å². The van der Waals surface area contributed by atoms with Crippen LogP contribution in [-0.2, 0) is 115 Å². The van der Waals surface area contributed by atoms with E-state index in [9.17, 15) is 28.8 Å². The minimum absolute atomic E-state index is 0.0564. The Kier molecular flexibility index (Phi) is 18.5. The molecule has 89 heavy (non-hydrogen) atoms. The van der Waals surface area contributed by atoms with E-state index in [2.05, 4.69) is 27.7 Å². The second-order valence-corrected chi connectivity index (χ2v) is 28.9. The van der Waals surface area contributed by atoms with E-state index in [4.69, 9.17) is 86.2 Å². The lowest BCUT2D eigenvalue weighted by Crippen LogP contribution is -2.74. The normalized spacial score (nSPS) is 46.3. The molecule has 6 bridgehead atoms. The Bertz CT molecular complexity index is 2530. The zero-order valence-electron chi connectivity index (χ0n) is 53.5. The van der Waals surface area contributed by atoms with Crippen LogP contribution in [0.5, 0.6) is 0 Å². The molecule has 12 aliphatic heterocycles. The topological polar surface area (TPSA) is 272 Å². The zero-order valence-corrected chi connectivity index (χ0v) is 53.5. The van der Waals surface area contributed by atoms with Crippen LogP contribution in [0.15, 0.2) is 0 Å². The van der Waals surface area contributed by atoms with Gasteiger partial charge in [-0.3, -0.25) is 33.7 Å². The second kappa shape index (κ2) is 25.2. The minimum atomic E-state index is -1.01. The van der Waals surface area contributed by atoms with Gasteiger partial charge in [-0.15, -0.1) is 0 Å². The minimum Gasteiger partial charge on any atom is -0.464 e. The van der Waals surface area contributed by atoms with E-state index in [0.717, 1.165) is 57.8 Å². The highest BCUT2D eigenvalue weighted by atomic mass is 17.3. The van der Waals surface area contributed by atoms with E-state index in [1.165, 1.54) is 0 Å². The van der Waals surface area contributed by atoms with Crippen molar-refractivity contribution in [1.29, 1.82) is 0 Å². The highest BCUT2D eigenvalue weighted by molar-refractivity contribution is 5.79. The summed E-state index contributed by atoms with van der Waals surface area (Å²) in [6.45, 7) is 20.2. The van der Waals surface area contributed by atoms with Gasteiger partial charge in [-0.05, 0) is 114 Å². The van der Waals surface area contributed by atoms with Crippen LogP contribution < -0.4 is 0 Å². The van der Waals surface area contributed by atoms with E-state index in [1.54, 1.807) is 4.90 Å².